The van der Waals surface area contributed by atoms with Crippen LogP contribution in [-0.4, -0.2) is 45.5 Å². The molecule has 2 aromatic rings. The van der Waals surface area contributed by atoms with Crippen LogP contribution < -0.4 is 5.32 Å². The molecule has 2 heterocycles. The highest BCUT2D eigenvalue weighted by molar-refractivity contribution is 6.31. The van der Waals surface area contributed by atoms with E-state index in [4.69, 9.17) is 33.4 Å². The number of carbonyl (C=O) groups is 2. The number of aromatic nitrogens is 2. The second kappa shape index (κ2) is 13.8. The molecule has 0 fully saturated rings. The monoisotopic (exact) mass is 403 g/mol. The minimum atomic E-state index is -1.07. The second-order valence-corrected chi connectivity index (χ2v) is 5.06. The Morgan fingerprint density at radius 3 is 2.08 bits per heavy atom. The lowest BCUT2D eigenvalue weighted by molar-refractivity contribution is 0.0690. The van der Waals surface area contributed by atoms with Gasteiger partial charge in [0.15, 0.2) is 0 Å². The number of anilines is 1. The van der Waals surface area contributed by atoms with E-state index >= 15 is 0 Å². The number of carboxylic acid groups (broad SMARTS) is 1. The highest BCUT2D eigenvalue weighted by Gasteiger charge is 2.03. The van der Waals surface area contributed by atoms with Crippen LogP contribution in [0.5, 0.6) is 0 Å². The van der Waals surface area contributed by atoms with Gasteiger partial charge in [0.25, 0.3) is 0 Å². The number of aromatic carboxylic acids is 1. The van der Waals surface area contributed by atoms with Crippen LogP contribution in [-0.2, 0) is 4.74 Å². The molecule has 0 saturated heterocycles. The zero-order chi connectivity index (χ0) is 19.9. The summed E-state index contributed by atoms with van der Waals surface area (Å²) in [6, 6.07) is 5.98. The molecule has 0 radical (unpaired) electrons. The quantitative estimate of drug-likeness (QED) is 0.713. The van der Waals surface area contributed by atoms with E-state index in [1.807, 2.05) is 0 Å². The first kappa shape index (κ1) is 23.6. The van der Waals surface area contributed by atoms with Crippen molar-refractivity contribution >= 4 is 41.1 Å². The van der Waals surface area contributed by atoms with Crippen molar-refractivity contribution in [3.8, 4) is 0 Å². The van der Waals surface area contributed by atoms with E-state index in [1.165, 1.54) is 24.5 Å². The molecule has 0 bridgehead atoms. The third-order valence-corrected chi connectivity index (χ3v) is 2.64. The number of halogens is 2. The Morgan fingerprint density at radius 2 is 1.65 bits per heavy atom. The first-order valence-electron chi connectivity index (χ1n) is 7.35. The molecule has 142 valence electrons. The normalized spacial score (nSPS) is 8.96. The van der Waals surface area contributed by atoms with Gasteiger partial charge >= 0.3 is 12.1 Å². The summed E-state index contributed by atoms with van der Waals surface area (Å²) in [7, 11) is 0. The summed E-state index contributed by atoms with van der Waals surface area (Å²) in [5.41, 5.74) is -0.0347. The fourth-order valence-corrected chi connectivity index (χ4v) is 1.59. The summed E-state index contributed by atoms with van der Waals surface area (Å²) in [6.45, 7) is 3.98. The highest BCUT2D eigenvalue weighted by Crippen LogP contribution is 2.11. The third-order valence-electron chi connectivity index (χ3n) is 2.17. The van der Waals surface area contributed by atoms with E-state index in [2.05, 4.69) is 20.0 Å². The molecular formula is C16H19Cl2N3O5. The molecular weight excluding hydrogens is 385 g/mol. The molecule has 0 unspecified atom stereocenters. The fraction of sp³-hybridized carbons (Fsp3) is 0.250. The zero-order valence-corrected chi connectivity index (χ0v) is 15.7. The topological polar surface area (TPSA) is 122 Å². The van der Waals surface area contributed by atoms with Gasteiger partial charge in [-0.05, 0) is 38.1 Å². The van der Waals surface area contributed by atoms with Crippen LogP contribution in [0.4, 0.5) is 10.6 Å². The second-order valence-electron chi connectivity index (χ2n) is 4.19. The van der Waals surface area contributed by atoms with Gasteiger partial charge in [0, 0.05) is 29.0 Å². The van der Waals surface area contributed by atoms with Gasteiger partial charge in [-0.1, -0.05) is 23.2 Å². The number of pyridine rings is 2. The standard InChI is InChI=1S/C8H9ClN2O2.C6H4ClNO2.C2H6O/c1-2-13-8(12)11-7-5-6(9)3-4-10-7;7-4-1-2-8-5(3-4)6(9)10;1-2-3/h3-5H,2H2,1H3,(H,10,11,12);1-3H,(H,9,10);3H,2H2,1H3. The van der Waals surface area contributed by atoms with E-state index in [0.717, 1.165) is 0 Å². The van der Waals surface area contributed by atoms with Gasteiger partial charge < -0.3 is 14.9 Å². The Kier molecular flexibility index (Phi) is 12.5. The number of rotatable bonds is 3. The number of carbonyl (C=O) groups excluding carboxylic acids is 1. The molecule has 1 amide bonds. The Morgan fingerprint density at radius 1 is 1.12 bits per heavy atom. The molecule has 26 heavy (non-hydrogen) atoms. The number of aliphatic hydroxyl groups is 1. The number of ether oxygens (including phenoxy) is 1. The van der Waals surface area contributed by atoms with Gasteiger partial charge in [-0.2, -0.15) is 0 Å². The minimum Gasteiger partial charge on any atom is -0.477 e. The number of nitrogens with zero attached hydrogens (tertiary/aromatic N) is 2. The molecule has 2 aromatic heterocycles. The Bertz CT molecular complexity index is 701. The summed E-state index contributed by atoms with van der Waals surface area (Å²) in [4.78, 5) is 28.6. The van der Waals surface area contributed by atoms with E-state index < -0.39 is 12.1 Å². The Balaban J connectivity index is 0.000000428. The summed E-state index contributed by atoms with van der Waals surface area (Å²) in [5, 5.41) is 19.3. The molecule has 0 aliphatic rings. The van der Waals surface area contributed by atoms with E-state index in [-0.39, 0.29) is 12.3 Å². The lowest BCUT2D eigenvalue weighted by Crippen LogP contribution is -2.13. The minimum absolute atomic E-state index is 0.0347. The molecule has 0 saturated carbocycles. The van der Waals surface area contributed by atoms with Crippen LogP contribution >= 0.6 is 23.2 Å². The zero-order valence-electron chi connectivity index (χ0n) is 14.1. The van der Waals surface area contributed by atoms with Crippen molar-refractivity contribution < 1.29 is 24.5 Å². The number of amides is 1. The van der Waals surface area contributed by atoms with Crippen molar-refractivity contribution in [3.63, 3.8) is 0 Å². The number of hydrogen-bond acceptors (Lipinski definition) is 6. The van der Waals surface area contributed by atoms with Crippen molar-refractivity contribution in [3.05, 3.63) is 52.4 Å². The molecule has 10 heteroatoms. The SMILES string of the molecule is CCO.CCOC(=O)Nc1cc(Cl)ccn1.O=C(O)c1cc(Cl)ccn1. The van der Waals surface area contributed by atoms with Crippen LogP contribution in [0, 0.1) is 0 Å². The average Bonchev–Trinajstić information content (AvgIpc) is 2.56. The molecule has 8 nitrogen and oxygen atoms in total. The van der Waals surface area contributed by atoms with Crippen molar-refractivity contribution in [2.24, 2.45) is 0 Å². The van der Waals surface area contributed by atoms with Gasteiger partial charge in [-0.25, -0.2) is 19.6 Å². The summed E-state index contributed by atoms with van der Waals surface area (Å²) in [6.07, 6.45) is 2.33. The van der Waals surface area contributed by atoms with E-state index in [9.17, 15) is 9.59 Å². The van der Waals surface area contributed by atoms with Crippen molar-refractivity contribution in [2.75, 3.05) is 18.5 Å². The van der Waals surface area contributed by atoms with Crippen LogP contribution in [0.1, 0.15) is 24.3 Å². The number of hydrogen-bond donors (Lipinski definition) is 3. The largest absolute Gasteiger partial charge is 0.477 e. The predicted octanol–water partition coefficient (Wildman–Crippen LogP) is 3.74. The average molecular weight is 404 g/mol. The lowest BCUT2D eigenvalue weighted by Gasteiger charge is -2.03. The maximum atomic E-state index is 10.9. The smallest absolute Gasteiger partial charge is 0.412 e. The maximum absolute atomic E-state index is 10.9. The fourth-order valence-electron chi connectivity index (χ4n) is 1.27. The maximum Gasteiger partial charge on any atom is 0.412 e. The lowest BCUT2D eigenvalue weighted by atomic mass is 10.4. The van der Waals surface area contributed by atoms with Crippen LogP contribution in [0.25, 0.3) is 0 Å². The summed E-state index contributed by atoms with van der Waals surface area (Å²) < 4.78 is 4.65. The van der Waals surface area contributed by atoms with Crippen LogP contribution in [0.3, 0.4) is 0 Å². The molecule has 0 aromatic carbocycles. The molecule has 2 rings (SSSR count). The highest BCUT2D eigenvalue weighted by atomic mass is 35.5. The predicted molar refractivity (Wildman–Crippen MR) is 98.9 cm³/mol. The molecule has 0 atom stereocenters. The summed E-state index contributed by atoms with van der Waals surface area (Å²) in [5.74, 6) is -0.687. The molecule has 0 aliphatic heterocycles. The van der Waals surface area contributed by atoms with Gasteiger partial charge in [0.05, 0.1) is 6.61 Å². The Labute approximate surface area is 160 Å². The van der Waals surface area contributed by atoms with Crippen LogP contribution in [0.2, 0.25) is 10.0 Å². The van der Waals surface area contributed by atoms with Crippen molar-refractivity contribution in [2.45, 2.75) is 13.8 Å². The van der Waals surface area contributed by atoms with Gasteiger partial charge in [-0.15, -0.1) is 0 Å². The first-order chi connectivity index (χ1) is 12.3. The molecule has 0 aliphatic carbocycles. The van der Waals surface area contributed by atoms with Crippen molar-refractivity contribution in [1.29, 1.82) is 0 Å². The van der Waals surface area contributed by atoms with Gasteiger partial charge in [-0.3, -0.25) is 5.32 Å². The van der Waals surface area contributed by atoms with Crippen LogP contribution in [0.15, 0.2) is 36.7 Å². The molecule has 3 N–H and O–H groups in total. The van der Waals surface area contributed by atoms with Gasteiger partial charge in [0.2, 0.25) is 0 Å². The number of carboxylic acids is 1. The summed E-state index contributed by atoms with van der Waals surface area (Å²) >= 11 is 11.2. The molecule has 0 spiro atoms. The van der Waals surface area contributed by atoms with E-state index in [0.29, 0.717) is 22.5 Å². The first-order valence-corrected chi connectivity index (χ1v) is 8.10. The third kappa shape index (κ3) is 11.2. The van der Waals surface area contributed by atoms with E-state index in [1.54, 1.807) is 26.0 Å². The Hall–Kier alpha value is -2.42. The van der Waals surface area contributed by atoms with Crippen molar-refractivity contribution in [1.82, 2.24) is 9.97 Å². The number of nitrogens with one attached hydrogen (secondary N) is 1. The van der Waals surface area contributed by atoms with Gasteiger partial charge in [0.1, 0.15) is 11.5 Å². The number of aliphatic hydroxyl groups excluding tert-OH is 1.